The lowest BCUT2D eigenvalue weighted by molar-refractivity contribution is 0.614. The molecule has 1 N–H and O–H groups in total. The minimum absolute atomic E-state index is 0.143. The van der Waals surface area contributed by atoms with Crippen molar-refractivity contribution in [1.82, 2.24) is 15.0 Å². The first kappa shape index (κ1) is 27.1. The normalized spacial score (nSPS) is 16.8. The van der Waals surface area contributed by atoms with E-state index in [0.717, 1.165) is 39.9 Å². The van der Waals surface area contributed by atoms with Gasteiger partial charge in [-0.2, -0.15) is 5.10 Å². The number of nitrogens with zero attached hydrogens (tertiary/aromatic N) is 3. The van der Waals surface area contributed by atoms with Crippen LogP contribution < -0.4 is 5.43 Å². The molecule has 3 aromatic carbocycles. The molecule has 0 amide bonds. The lowest BCUT2D eigenvalue weighted by Gasteiger charge is -2.28. The van der Waals surface area contributed by atoms with Gasteiger partial charge in [0.15, 0.2) is 0 Å². The summed E-state index contributed by atoms with van der Waals surface area (Å²) >= 11 is 20.9. The van der Waals surface area contributed by atoms with E-state index in [4.69, 9.17) is 44.9 Å². The van der Waals surface area contributed by atoms with Gasteiger partial charge < -0.3 is 0 Å². The smallest absolute Gasteiger partial charge is 0.146 e. The molecule has 4 aromatic rings. The SMILES string of the molecule is CCC(C)(C1=NNC(c2nc(-c3ccc(Cl)cc3Cl)n(-c3ccc(Cl)cc3)c2C(C)C)S1)c1ccccc1. The number of imidazole rings is 1. The van der Waals surface area contributed by atoms with Crippen molar-refractivity contribution < 1.29 is 0 Å². The second kappa shape index (κ2) is 11.0. The van der Waals surface area contributed by atoms with Gasteiger partial charge in [0.25, 0.3) is 0 Å². The summed E-state index contributed by atoms with van der Waals surface area (Å²) in [6, 6.07) is 23.9. The Morgan fingerprint density at radius 2 is 1.66 bits per heavy atom. The molecule has 1 aliphatic heterocycles. The Kier molecular flexibility index (Phi) is 7.84. The van der Waals surface area contributed by atoms with Gasteiger partial charge in [-0.1, -0.05) is 97.7 Å². The first-order chi connectivity index (χ1) is 18.2. The van der Waals surface area contributed by atoms with Crippen LogP contribution >= 0.6 is 46.6 Å². The molecule has 0 radical (unpaired) electrons. The Morgan fingerprint density at radius 3 is 2.29 bits per heavy atom. The van der Waals surface area contributed by atoms with Crippen LogP contribution in [0.4, 0.5) is 0 Å². The van der Waals surface area contributed by atoms with Gasteiger partial charge in [0.05, 0.1) is 16.4 Å². The monoisotopic (exact) mass is 582 g/mol. The summed E-state index contributed by atoms with van der Waals surface area (Å²) in [6.07, 6.45) is 0.930. The number of nitrogens with one attached hydrogen (secondary N) is 1. The summed E-state index contributed by atoms with van der Waals surface area (Å²) in [5, 5.41) is 7.58. The highest BCUT2D eigenvalue weighted by molar-refractivity contribution is 8.14. The molecule has 38 heavy (non-hydrogen) atoms. The number of thioether (sulfide) groups is 1. The van der Waals surface area contributed by atoms with Crippen molar-refractivity contribution in [3.05, 3.63) is 105 Å². The van der Waals surface area contributed by atoms with Crippen LogP contribution in [0.25, 0.3) is 17.1 Å². The maximum atomic E-state index is 6.72. The number of hydrazone groups is 1. The van der Waals surface area contributed by atoms with Crippen molar-refractivity contribution in [1.29, 1.82) is 0 Å². The molecule has 196 valence electrons. The van der Waals surface area contributed by atoms with Crippen LogP contribution in [-0.2, 0) is 5.41 Å². The lowest BCUT2D eigenvalue weighted by atomic mass is 9.81. The summed E-state index contributed by atoms with van der Waals surface area (Å²) in [5.74, 6) is 0.927. The number of benzene rings is 3. The van der Waals surface area contributed by atoms with Gasteiger partial charge in [0, 0.05) is 26.7 Å². The Morgan fingerprint density at radius 1 is 0.974 bits per heavy atom. The van der Waals surface area contributed by atoms with Crippen LogP contribution in [-0.4, -0.2) is 14.6 Å². The summed E-state index contributed by atoms with van der Waals surface area (Å²) < 4.78 is 2.18. The average Bonchev–Trinajstić information content (AvgIpc) is 3.55. The zero-order valence-corrected chi connectivity index (χ0v) is 24.8. The molecule has 0 bridgehead atoms. The quantitative estimate of drug-likeness (QED) is 0.235. The highest BCUT2D eigenvalue weighted by Crippen LogP contribution is 2.45. The summed E-state index contributed by atoms with van der Waals surface area (Å²) in [5.41, 5.74) is 8.25. The van der Waals surface area contributed by atoms with E-state index in [9.17, 15) is 0 Å². The fourth-order valence-corrected chi connectivity index (χ4v) is 6.70. The Bertz CT molecular complexity index is 1480. The molecule has 4 nitrogen and oxygen atoms in total. The predicted molar refractivity (Wildman–Crippen MR) is 163 cm³/mol. The van der Waals surface area contributed by atoms with Crippen LogP contribution in [0.5, 0.6) is 0 Å². The minimum Gasteiger partial charge on any atom is -0.296 e. The number of hydrogen-bond donors (Lipinski definition) is 1. The molecule has 0 saturated carbocycles. The minimum atomic E-state index is -0.202. The van der Waals surface area contributed by atoms with Gasteiger partial charge in [0.1, 0.15) is 16.2 Å². The standard InChI is InChI=1S/C30H29Cl3N4S/c1-5-30(4,19-9-7-6-8-10-19)29-36-35-28(38-29)25-26(18(2)3)37(22-14-11-20(31)12-15-22)27(34-25)23-16-13-21(32)17-24(23)33/h6-18,28,35H,5H2,1-4H3. The molecule has 2 atom stereocenters. The van der Waals surface area contributed by atoms with Gasteiger partial charge in [0.2, 0.25) is 0 Å². The average molecular weight is 584 g/mol. The maximum Gasteiger partial charge on any atom is 0.146 e. The lowest BCUT2D eigenvalue weighted by Crippen LogP contribution is -2.29. The van der Waals surface area contributed by atoms with E-state index in [1.54, 1.807) is 17.8 Å². The van der Waals surface area contributed by atoms with Gasteiger partial charge in [-0.25, -0.2) is 4.98 Å². The molecule has 0 saturated heterocycles. The van der Waals surface area contributed by atoms with Crippen molar-refractivity contribution in [3.63, 3.8) is 0 Å². The molecular weight excluding hydrogens is 555 g/mol. The van der Waals surface area contributed by atoms with Crippen molar-refractivity contribution in [2.75, 3.05) is 0 Å². The molecule has 0 spiro atoms. The molecule has 2 unspecified atom stereocenters. The first-order valence-corrected chi connectivity index (χ1v) is 14.6. The summed E-state index contributed by atoms with van der Waals surface area (Å²) in [6.45, 7) is 8.83. The molecule has 0 aliphatic carbocycles. The van der Waals surface area contributed by atoms with Gasteiger partial charge in [-0.05, 0) is 67.3 Å². The molecule has 5 rings (SSSR count). The summed E-state index contributed by atoms with van der Waals surface area (Å²) in [4.78, 5) is 5.23. The van der Waals surface area contributed by atoms with Crippen molar-refractivity contribution >= 4 is 51.6 Å². The number of halogens is 3. The second-order valence-corrected chi connectivity index (χ2v) is 12.3. The maximum absolute atomic E-state index is 6.72. The number of aromatic nitrogens is 2. The first-order valence-electron chi connectivity index (χ1n) is 12.6. The van der Waals surface area contributed by atoms with E-state index in [-0.39, 0.29) is 16.7 Å². The van der Waals surface area contributed by atoms with Gasteiger partial charge in [-0.3, -0.25) is 9.99 Å². The second-order valence-electron chi connectivity index (χ2n) is 9.89. The van der Waals surface area contributed by atoms with E-state index < -0.39 is 0 Å². The van der Waals surface area contributed by atoms with E-state index in [1.165, 1.54) is 5.56 Å². The largest absolute Gasteiger partial charge is 0.296 e. The number of hydrogen-bond acceptors (Lipinski definition) is 4. The van der Waals surface area contributed by atoms with Crippen LogP contribution in [0.2, 0.25) is 15.1 Å². The van der Waals surface area contributed by atoms with E-state index >= 15 is 0 Å². The Hall–Kier alpha value is -2.44. The molecule has 2 heterocycles. The molecule has 1 aromatic heterocycles. The van der Waals surface area contributed by atoms with Gasteiger partial charge >= 0.3 is 0 Å². The van der Waals surface area contributed by atoms with Crippen molar-refractivity contribution in [2.45, 2.75) is 50.8 Å². The van der Waals surface area contributed by atoms with E-state index in [2.05, 4.69) is 62.0 Å². The predicted octanol–water partition coefficient (Wildman–Crippen LogP) is 9.64. The highest BCUT2D eigenvalue weighted by atomic mass is 35.5. The fraction of sp³-hybridized carbons (Fsp3) is 0.267. The molecule has 8 heteroatoms. The molecule has 1 aliphatic rings. The molecular formula is C30H29Cl3N4S. The Labute approximate surface area is 243 Å². The van der Waals surface area contributed by atoms with Crippen molar-refractivity contribution in [2.24, 2.45) is 5.10 Å². The van der Waals surface area contributed by atoms with Crippen LogP contribution in [0.1, 0.15) is 62.4 Å². The Balaban J connectivity index is 1.63. The van der Waals surface area contributed by atoms with Crippen LogP contribution in [0.15, 0.2) is 77.9 Å². The van der Waals surface area contributed by atoms with Crippen LogP contribution in [0.3, 0.4) is 0 Å². The fourth-order valence-electron chi connectivity index (χ4n) is 4.84. The molecule has 0 fully saturated rings. The van der Waals surface area contributed by atoms with Crippen molar-refractivity contribution in [3.8, 4) is 17.1 Å². The van der Waals surface area contributed by atoms with E-state index in [1.807, 2.05) is 42.5 Å². The number of rotatable bonds is 7. The van der Waals surface area contributed by atoms with Crippen LogP contribution in [0, 0.1) is 0 Å². The zero-order valence-electron chi connectivity index (χ0n) is 21.7. The third-order valence-corrected chi connectivity index (χ3v) is 9.23. The third kappa shape index (κ3) is 4.98. The zero-order chi connectivity index (χ0) is 27.0. The summed E-state index contributed by atoms with van der Waals surface area (Å²) in [7, 11) is 0. The van der Waals surface area contributed by atoms with Gasteiger partial charge in [-0.15, -0.1) is 0 Å². The topological polar surface area (TPSA) is 42.2 Å². The highest BCUT2D eigenvalue weighted by Gasteiger charge is 2.39. The third-order valence-electron chi connectivity index (χ3n) is 7.10. The van der Waals surface area contributed by atoms with E-state index in [0.29, 0.717) is 15.1 Å².